The van der Waals surface area contributed by atoms with Crippen LogP contribution in [0.5, 0.6) is 0 Å². The fourth-order valence-electron chi connectivity index (χ4n) is 3.35. The number of fused-ring (bicyclic) bond motifs is 2. The maximum absolute atomic E-state index is 5.86. The van der Waals surface area contributed by atoms with E-state index in [0.717, 1.165) is 65.7 Å². The van der Waals surface area contributed by atoms with E-state index in [4.69, 9.17) is 19.1 Å². The Balaban J connectivity index is 1.41. The molecule has 142 valence electrons. The van der Waals surface area contributed by atoms with Crippen LogP contribution in [0.15, 0.2) is 58.0 Å². The lowest BCUT2D eigenvalue weighted by Crippen LogP contribution is -2.36. The van der Waals surface area contributed by atoms with Gasteiger partial charge in [-0.15, -0.1) is 0 Å². The summed E-state index contributed by atoms with van der Waals surface area (Å²) in [5, 5.41) is 2.03. The molecule has 4 aromatic rings. The molecule has 28 heavy (non-hydrogen) atoms. The molecule has 0 amide bonds. The van der Waals surface area contributed by atoms with Crippen LogP contribution in [0, 0.1) is 0 Å². The summed E-state index contributed by atoms with van der Waals surface area (Å²) < 4.78 is 11.3. The number of benzene rings is 2. The Bertz CT molecular complexity index is 1070. The molecule has 0 aliphatic carbocycles. The lowest BCUT2D eigenvalue weighted by molar-refractivity contribution is 0.0330. The van der Waals surface area contributed by atoms with Crippen LogP contribution in [-0.2, 0) is 17.0 Å². The summed E-state index contributed by atoms with van der Waals surface area (Å²) >= 11 is 1.64. The van der Waals surface area contributed by atoms with Crippen LogP contribution in [-0.4, -0.2) is 46.2 Å². The molecular weight excluding hydrogens is 372 g/mol. The zero-order valence-electron chi connectivity index (χ0n) is 15.4. The first-order valence-electron chi connectivity index (χ1n) is 9.38. The van der Waals surface area contributed by atoms with E-state index in [1.807, 2.05) is 42.5 Å². The van der Waals surface area contributed by atoms with Gasteiger partial charge in [-0.25, -0.2) is 15.0 Å². The standard InChI is InChI=1S/C21H20N4O2S/c1-2-6-16-15(5-1)21(24-19(22-16)13-25-9-11-26-12-10-25)28-14-20-23-17-7-3-4-8-18(17)27-20/h1-8H,9-14H2. The van der Waals surface area contributed by atoms with E-state index in [1.54, 1.807) is 11.8 Å². The molecule has 3 heterocycles. The zero-order chi connectivity index (χ0) is 18.8. The molecule has 0 spiro atoms. The number of hydrogen-bond acceptors (Lipinski definition) is 7. The van der Waals surface area contributed by atoms with Gasteiger partial charge in [-0.2, -0.15) is 0 Å². The highest BCUT2D eigenvalue weighted by Crippen LogP contribution is 2.29. The second-order valence-corrected chi connectivity index (χ2v) is 7.68. The Morgan fingerprint density at radius 3 is 2.54 bits per heavy atom. The van der Waals surface area contributed by atoms with Gasteiger partial charge in [0.05, 0.1) is 31.0 Å². The Hall–Kier alpha value is -2.48. The quantitative estimate of drug-likeness (QED) is 0.377. The second kappa shape index (κ2) is 7.87. The molecule has 0 bridgehead atoms. The fraction of sp³-hybridized carbons (Fsp3) is 0.286. The minimum Gasteiger partial charge on any atom is -0.440 e. The number of hydrogen-bond donors (Lipinski definition) is 0. The second-order valence-electron chi connectivity index (χ2n) is 6.71. The van der Waals surface area contributed by atoms with E-state index in [9.17, 15) is 0 Å². The number of para-hydroxylation sites is 3. The van der Waals surface area contributed by atoms with Crippen LogP contribution in [0.3, 0.4) is 0 Å². The molecule has 5 rings (SSSR count). The first-order chi connectivity index (χ1) is 13.8. The highest BCUT2D eigenvalue weighted by Gasteiger charge is 2.15. The van der Waals surface area contributed by atoms with Crippen molar-refractivity contribution in [3.63, 3.8) is 0 Å². The SMILES string of the molecule is c1ccc2oc(CSc3nc(CN4CCOCC4)nc4ccccc34)nc2c1. The van der Waals surface area contributed by atoms with E-state index in [-0.39, 0.29) is 0 Å². The topological polar surface area (TPSA) is 64.3 Å². The number of aromatic nitrogens is 3. The summed E-state index contributed by atoms with van der Waals surface area (Å²) in [5.74, 6) is 2.19. The van der Waals surface area contributed by atoms with Crippen molar-refractivity contribution in [2.45, 2.75) is 17.3 Å². The predicted molar refractivity (Wildman–Crippen MR) is 109 cm³/mol. The molecule has 2 aromatic carbocycles. The van der Waals surface area contributed by atoms with Gasteiger partial charge in [0, 0.05) is 18.5 Å². The minimum absolute atomic E-state index is 0.632. The van der Waals surface area contributed by atoms with E-state index in [1.165, 1.54) is 0 Å². The van der Waals surface area contributed by atoms with Crippen molar-refractivity contribution in [1.82, 2.24) is 19.9 Å². The van der Waals surface area contributed by atoms with Gasteiger partial charge in [0.25, 0.3) is 0 Å². The maximum Gasteiger partial charge on any atom is 0.205 e. The Morgan fingerprint density at radius 1 is 0.893 bits per heavy atom. The molecule has 1 saturated heterocycles. The predicted octanol–water partition coefficient (Wildman–Crippen LogP) is 3.90. The lowest BCUT2D eigenvalue weighted by atomic mass is 10.2. The van der Waals surface area contributed by atoms with Gasteiger partial charge in [-0.05, 0) is 18.2 Å². The summed E-state index contributed by atoms with van der Waals surface area (Å²) in [5.41, 5.74) is 2.68. The minimum atomic E-state index is 0.632. The maximum atomic E-state index is 5.86. The molecule has 0 saturated carbocycles. The third kappa shape index (κ3) is 3.73. The third-order valence-electron chi connectivity index (χ3n) is 4.75. The first-order valence-corrected chi connectivity index (χ1v) is 10.4. The Morgan fingerprint density at radius 2 is 1.68 bits per heavy atom. The summed E-state index contributed by atoms with van der Waals surface area (Å²) in [4.78, 5) is 16.5. The molecule has 0 N–H and O–H groups in total. The third-order valence-corrected chi connectivity index (χ3v) is 5.73. The molecule has 7 heteroatoms. The number of morpholine rings is 1. The largest absolute Gasteiger partial charge is 0.440 e. The van der Waals surface area contributed by atoms with Crippen molar-refractivity contribution in [1.29, 1.82) is 0 Å². The molecule has 1 aliphatic heterocycles. The highest BCUT2D eigenvalue weighted by molar-refractivity contribution is 7.98. The molecule has 2 aromatic heterocycles. The smallest absolute Gasteiger partial charge is 0.205 e. The van der Waals surface area contributed by atoms with Crippen LogP contribution in [0.4, 0.5) is 0 Å². The average Bonchev–Trinajstić information content (AvgIpc) is 3.16. The van der Waals surface area contributed by atoms with E-state index >= 15 is 0 Å². The van der Waals surface area contributed by atoms with Crippen LogP contribution in [0.1, 0.15) is 11.7 Å². The first kappa shape index (κ1) is 17.6. The zero-order valence-corrected chi connectivity index (χ0v) is 16.2. The fourth-order valence-corrected chi connectivity index (χ4v) is 4.23. The van der Waals surface area contributed by atoms with Gasteiger partial charge in [0.1, 0.15) is 16.4 Å². The number of ether oxygens (including phenoxy) is 1. The van der Waals surface area contributed by atoms with E-state index in [0.29, 0.717) is 11.6 Å². The molecule has 1 aliphatic rings. The molecule has 1 fully saturated rings. The number of nitrogens with zero attached hydrogens (tertiary/aromatic N) is 4. The molecular formula is C21H20N4O2S. The van der Waals surface area contributed by atoms with Crippen molar-refractivity contribution in [2.24, 2.45) is 0 Å². The monoisotopic (exact) mass is 392 g/mol. The van der Waals surface area contributed by atoms with Crippen LogP contribution >= 0.6 is 11.8 Å². The van der Waals surface area contributed by atoms with Gasteiger partial charge in [0.15, 0.2) is 5.58 Å². The summed E-state index contributed by atoms with van der Waals surface area (Å²) in [6.45, 7) is 4.12. The van der Waals surface area contributed by atoms with Gasteiger partial charge < -0.3 is 9.15 Å². The van der Waals surface area contributed by atoms with Gasteiger partial charge >= 0.3 is 0 Å². The molecule has 0 radical (unpaired) electrons. The van der Waals surface area contributed by atoms with Gasteiger partial charge in [0.2, 0.25) is 5.89 Å². The highest BCUT2D eigenvalue weighted by atomic mass is 32.2. The lowest BCUT2D eigenvalue weighted by Gasteiger charge is -2.25. The van der Waals surface area contributed by atoms with E-state index < -0.39 is 0 Å². The van der Waals surface area contributed by atoms with Crippen molar-refractivity contribution < 1.29 is 9.15 Å². The van der Waals surface area contributed by atoms with Crippen molar-refractivity contribution >= 4 is 33.8 Å². The summed E-state index contributed by atoms with van der Waals surface area (Å²) in [6.07, 6.45) is 0. The molecule has 6 nitrogen and oxygen atoms in total. The van der Waals surface area contributed by atoms with Crippen molar-refractivity contribution in [3.8, 4) is 0 Å². The van der Waals surface area contributed by atoms with Crippen LogP contribution in [0.2, 0.25) is 0 Å². The van der Waals surface area contributed by atoms with E-state index in [2.05, 4.69) is 16.0 Å². The number of oxazole rings is 1. The van der Waals surface area contributed by atoms with Crippen molar-refractivity contribution in [2.75, 3.05) is 26.3 Å². The van der Waals surface area contributed by atoms with Crippen LogP contribution in [0.25, 0.3) is 22.0 Å². The van der Waals surface area contributed by atoms with Crippen molar-refractivity contribution in [3.05, 3.63) is 60.2 Å². The Kier molecular flexibility index (Phi) is 4.95. The number of thioether (sulfide) groups is 1. The molecule has 0 atom stereocenters. The van der Waals surface area contributed by atoms with Gasteiger partial charge in [-0.3, -0.25) is 4.90 Å². The normalized spacial score (nSPS) is 15.4. The number of rotatable bonds is 5. The Labute approximate surface area is 166 Å². The van der Waals surface area contributed by atoms with Gasteiger partial charge in [-0.1, -0.05) is 42.1 Å². The average molecular weight is 392 g/mol. The molecule has 0 unspecified atom stereocenters. The summed E-state index contributed by atoms with van der Waals surface area (Å²) in [6, 6.07) is 16.0. The summed E-state index contributed by atoms with van der Waals surface area (Å²) in [7, 11) is 0. The van der Waals surface area contributed by atoms with Crippen LogP contribution < -0.4 is 0 Å².